The van der Waals surface area contributed by atoms with Crippen LogP contribution in [0.4, 0.5) is 0 Å². The molecular weight excluding hydrogens is 532 g/mol. The van der Waals surface area contributed by atoms with Gasteiger partial charge < -0.3 is 14.4 Å². The fourth-order valence-electron chi connectivity index (χ4n) is 4.57. The van der Waals surface area contributed by atoms with Crippen molar-refractivity contribution in [1.82, 2.24) is 9.21 Å². The van der Waals surface area contributed by atoms with Crippen molar-refractivity contribution in [2.24, 2.45) is 5.92 Å². The first-order valence-electron chi connectivity index (χ1n) is 12.2. The Kier molecular flexibility index (Phi) is 7.76. The third kappa shape index (κ3) is 5.95. The number of sulfonamides is 1. The van der Waals surface area contributed by atoms with E-state index in [4.69, 9.17) is 21.1 Å². The van der Waals surface area contributed by atoms with E-state index < -0.39 is 10.0 Å². The van der Waals surface area contributed by atoms with Crippen LogP contribution < -0.4 is 9.47 Å². The summed E-state index contributed by atoms with van der Waals surface area (Å²) >= 11 is 7.65. The molecule has 7 nitrogen and oxygen atoms in total. The lowest BCUT2D eigenvalue weighted by Crippen LogP contribution is -2.48. The van der Waals surface area contributed by atoms with Crippen molar-refractivity contribution in [1.29, 1.82) is 0 Å². The highest BCUT2D eigenvalue weighted by Gasteiger charge is 2.37. The minimum absolute atomic E-state index is 0.141. The highest BCUT2D eigenvalue weighted by molar-refractivity contribution is 7.89. The van der Waals surface area contributed by atoms with Crippen LogP contribution in [0.1, 0.15) is 29.3 Å². The SMILES string of the molecule is COc1cccc(OCC2c3ccsc3CCN2C(=O)CN(CC2CC2)S(=O)(=O)c2ccc(Cl)cc2)c1. The first-order chi connectivity index (χ1) is 17.8. The summed E-state index contributed by atoms with van der Waals surface area (Å²) in [7, 11) is -2.25. The Labute approximate surface area is 226 Å². The summed E-state index contributed by atoms with van der Waals surface area (Å²) in [6.07, 6.45) is 2.68. The first-order valence-corrected chi connectivity index (χ1v) is 14.9. The summed E-state index contributed by atoms with van der Waals surface area (Å²) in [5, 5.41) is 2.49. The molecule has 10 heteroatoms. The molecule has 1 aliphatic heterocycles. The number of hydrogen-bond donors (Lipinski definition) is 0. The predicted molar refractivity (Wildman–Crippen MR) is 144 cm³/mol. The monoisotopic (exact) mass is 560 g/mol. The standard InChI is InChI=1S/C27H29ClN2O5S2/c1-34-21-3-2-4-22(15-21)35-18-25-24-12-14-36-26(24)11-13-30(25)27(31)17-29(16-19-5-6-19)37(32,33)23-9-7-20(28)8-10-23/h2-4,7-10,12,14-15,19,25H,5-6,11,13,16-18H2,1H3. The van der Waals surface area contributed by atoms with E-state index in [1.807, 2.05) is 29.6 Å². The van der Waals surface area contributed by atoms with Gasteiger partial charge in [0.05, 0.1) is 24.6 Å². The van der Waals surface area contributed by atoms with Gasteiger partial charge in [-0.3, -0.25) is 4.79 Å². The van der Waals surface area contributed by atoms with Gasteiger partial charge in [-0.15, -0.1) is 11.3 Å². The van der Waals surface area contributed by atoms with E-state index in [9.17, 15) is 13.2 Å². The maximum absolute atomic E-state index is 13.7. The summed E-state index contributed by atoms with van der Waals surface area (Å²) < 4.78 is 39.8. The van der Waals surface area contributed by atoms with Gasteiger partial charge in [-0.2, -0.15) is 4.31 Å². The molecule has 1 aromatic heterocycles. The van der Waals surface area contributed by atoms with Crippen LogP contribution in [0.15, 0.2) is 64.9 Å². The molecule has 37 heavy (non-hydrogen) atoms. The number of halogens is 1. The average Bonchev–Trinajstić information content (AvgIpc) is 3.59. The Morgan fingerprint density at radius 3 is 2.62 bits per heavy atom. The second-order valence-corrected chi connectivity index (χ2v) is 12.7. The van der Waals surface area contributed by atoms with Gasteiger partial charge in [0.2, 0.25) is 15.9 Å². The number of benzene rings is 2. The Balaban J connectivity index is 1.37. The summed E-state index contributed by atoms with van der Waals surface area (Å²) in [6, 6.07) is 15.2. The predicted octanol–water partition coefficient (Wildman–Crippen LogP) is 5.02. The largest absolute Gasteiger partial charge is 0.497 e. The van der Waals surface area contributed by atoms with Crippen molar-refractivity contribution in [3.8, 4) is 11.5 Å². The average molecular weight is 561 g/mol. The van der Waals surface area contributed by atoms with Gasteiger partial charge in [-0.1, -0.05) is 17.7 Å². The van der Waals surface area contributed by atoms with Crippen molar-refractivity contribution in [3.05, 3.63) is 75.4 Å². The van der Waals surface area contributed by atoms with Crippen LogP contribution in [0.25, 0.3) is 0 Å². The zero-order chi connectivity index (χ0) is 26.0. The van der Waals surface area contributed by atoms with E-state index in [2.05, 4.69) is 0 Å². The van der Waals surface area contributed by atoms with Gasteiger partial charge in [-0.05, 0) is 78.6 Å². The van der Waals surface area contributed by atoms with E-state index in [1.165, 1.54) is 21.3 Å². The molecule has 0 N–H and O–H groups in total. The molecule has 5 rings (SSSR count). The first kappa shape index (κ1) is 26.0. The van der Waals surface area contributed by atoms with E-state index in [1.54, 1.807) is 41.5 Å². The maximum Gasteiger partial charge on any atom is 0.243 e. The van der Waals surface area contributed by atoms with Gasteiger partial charge >= 0.3 is 0 Å². The molecule has 196 valence electrons. The zero-order valence-electron chi connectivity index (χ0n) is 20.5. The molecule has 1 aliphatic carbocycles. The van der Waals surface area contributed by atoms with Crippen molar-refractivity contribution < 1.29 is 22.7 Å². The van der Waals surface area contributed by atoms with Crippen LogP contribution in [-0.4, -0.2) is 56.9 Å². The molecule has 2 aliphatic rings. The van der Waals surface area contributed by atoms with E-state index in [0.717, 1.165) is 24.8 Å². The van der Waals surface area contributed by atoms with Gasteiger partial charge in [0.25, 0.3) is 0 Å². The molecule has 2 aromatic carbocycles. The molecule has 1 amide bonds. The van der Waals surface area contributed by atoms with Gasteiger partial charge in [0, 0.05) is 29.1 Å². The number of carbonyl (C=O) groups is 1. The molecule has 1 unspecified atom stereocenters. The third-order valence-electron chi connectivity index (χ3n) is 6.79. The number of ether oxygens (including phenoxy) is 2. The zero-order valence-corrected chi connectivity index (χ0v) is 22.9. The Morgan fingerprint density at radius 2 is 1.89 bits per heavy atom. The summed E-state index contributed by atoms with van der Waals surface area (Å²) in [6.45, 7) is 0.891. The highest BCUT2D eigenvalue weighted by atomic mass is 35.5. The van der Waals surface area contributed by atoms with Crippen molar-refractivity contribution in [2.75, 3.05) is 33.4 Å². The lowest BCUT2D eigenvalue weighted by Gasteiger charge is -2.37. The second kappa shape index (κ2) is 11.0. The van der Waals surface area contributed by atoms with Crippen LogP contribution in [-0.2, 0) is 21.2 Å². The quantitative estimate of drug-likeness (QED) is 0.348. The van der Waals surface area contributed by atoms with Crippen LogP contribution in [0, 0.1) is 5.92 Å². The smallest absolute Gasteiger partial charge is 0.243 e. The molecule has 3 aromatic rings. The highest BCUT2D eigenvalue weighted by Crippen LogP contribution is 2.35. The molecule has 0 spiro atoms. The van der Waals surface area contributed by atoms with E-state index in [0.29, 0.717) is 29.6 Å². The number of thiophene rings is 1. The van der Waals surface area contributed by atoms with Gasteiger partial charge in [0.15, 0.2) is 0 Å². The van der Waals surface area contributed by atoms with E-state index in [-0.39, 0.29) is 35.9 Å². The lowest BCUT2D eigenvalue weighted by atomic mass is 10.0. The van der Waals surface area contributed by atoms with Gasteiger partial charge in [-0.25, -0.2) is 8.42 Å². The molecule has 0 radical (unpaired) electrons. The number of amides is 1. The van der Waals surface area contributed by atoms with Crippen LogP contribution in [0.3, 0.4) is 0 Å². The number of nitrogens with zero attached hydrogens (tertiary/aromatic N) is 2. The lowest BCUT2D eigenvalue weighted by molar-refractivity contribution is -0.135. The van der Waals surface area contributed by atoms with Crippen LogP contribution in [0.2, 0.25) is 5.02 Å². The topological polar surface area (TPSA) is 76.2 Å². The summed E-state index contributed by atoms with van der Waals surface area (Å²) in [5.74, 6) is 1.39. The minimum atomic E-state index is -3.85. The molecule has 0 bridgehead atoms. The second-order valence-electron chi connectivity index (χ2n) is 9.34. The molecule has 1 saturated carbocycles. The normalized spacial score (nSPS) is 17.5. The number of methoxy groups -OCH3 is 1. The van der Waals surface area contributed by atoms with Gasteiger partial charge in [0.1, 0.15) is 18.1 Å². The molecule has 2 heterocycles. The van der Waals surface area contributed by atoms with Crippen LogP contribution in [0.5, 0.6) is 11.5 Å². The maximum atomic E-state index is 13.7. The Morgan fingerprint density at radius 1 is 1.14 bits per heavy atom. The number of carbonyl (C=O) groups excluding carboxylic acids is 1. The fourth-order valence-corrected chi connectivity index (χ4v) is 7.09. The number of fused-ring (bicyclic) bond motifs is 1. The fraction of sp³-hybridized carbons (Fsp3) is 0.370. The summed E-state index contributed by atoms with van der Waals surface area (Å²) in [4.78, 5) is 16.9. The number of rotatable bonds is 10. The number of hydrogen-bond acceptors (Lipinski definition) is 6. The molecular formula is C27H29ClN2O5S2. The Bertz CT molecular complexity index is 1360. The summed E-state index contributed by atoms with van der Waals surface area (Å²) in [5.41, 5.74) is 1.06. The van der Waals surface area contributed by atoms with Crippen molar-refractivity contribution in [3.63, 3.8) is 0 Å². The van der Waals surface area contributed by atoms with Crippen LogP contribution >= 0.6 is 22.9 Å². The minimum Gasteiger partial charge on any atom is -0.497 e. The van der Waals surface area contributed by atoms with E-state index >= 15 is 0 Å². The molecule has 1 atom stereocenters. The molecule has 0 saturated heterocycles. The third-order valence-corrected chi connectivity index (χ3v) is 9.86. The molecule has 1 fully saturated rings. The van der Waals surface area contributed by atoms with Crippen molar-refractivity contribution >= 4 is 38.9 Å². The Hall–Kier alpha value is -2.59. The van der Waals surface area contributed by atoms with Crippen molar-refractivity contribution in [2.45, 2.75) is 30.2 Å².